The minimum atomic E-state index is -3.91. The Kier molecular flexibility index (Phi) is 4.38. The van der Waals surface area contributed by atoms with Crippen molar-refractivity contribution in [3.05, 3.63) is 18.2 Å². The Balaban J connectivity index is 2.37. The number of carboxylic acid groups (broad SMARTS) is 1. The molecule has 1 N–H and O–H groups in total. The smallest absolute Gasteiger partial charge is 0.321 e. The highest BCUT2D eigenvalue weighted by atomic mass is 32.2. The molecule has 21 heavy (non-hydrogen) atoms. The molecule has 0 saturated heterocycles. The van der Waals surface area contributed by atoms with Gasteiger partial charge in [-0.15, -0.1) is 0 Å². The first-order chi connectivity index (χ1) is 9.87. The molecule has 1 heterocycles. The highest BCUT2D eigenvalue weighted by Gasteiger charge is 2.32. The maximum atomic E-state index is 12.5. The molecule has 1 unspecified atom stereocenters. The number of ether oxygens (including phenoxy) is 2. The van der Waals surface area contributed by atoms with E-state index in [0.717, 1.165) is 4.31 Å². The van der Waals surface area contributed by atoms with Gasteiger partial charge in [0.15, 0.2) is 11.5 Å². The molecule has 1 aromatic carbocycles. The lowest BCUT2D eigenvalue weighted by molar-refractivity contribution is -0.141. The van der Waals surface area contributed by atoms with Gasteiger partial charge in [-0.3, -0.25) is 4.79 Å². The van der Waals surface area contributed by atoms with E-state index in [1.54, 1.807) is 6.92 Å². The molecule has 0 radical (unpaired) electrons. The Morgan fingerprint density at radius 2 is 1.95 bits per heavy atom. The molecular weight excluding hydrogens is 298 g/mol. The molecule has 0 fully saturated rings. The molecule has 1 atom stereocenters. The molecule has 0 aliphatic carbocycles. The van der Waals surface area contributed by atoms with Crippen molar-refractivity contribution in [2.75, 3.05) is 20.3 Å². The number of rotatable bonds is 5. The van der Waals surface area contributed by atoms with E-state index in [1.807, 2.05) is 0 Å². The number of hydrogen-bond acceptors (Lipinski definition) is 5. The summed E-state index contributed by atoms with van der Waals surface area (Å²) in [4.78, 5) is 11.1. The van der Waals surface area contributed by atoms with Gasteiger partial charge in [-0.05, 0) is 18.6 Å². The zero-order valence-electron chi connectivity index (χ0n) is 11.8. The maximum Gasteiger partial charge on any atom is 0.321 e. The first-order valence-electron chi connectivity index (χ1n) is 6.48. The van der Waals surface area contributed by atoms with Gasteiger partial charge >= 0.3 is 5.97 Å². The summed E-state index contributed by atoms with van der Waals surface area (Å²) in [7, 11) is -2.65. The van der Waals surface area contributed by atoms with E-state index >= 15 is 0 Å². The molecule has 8 heteroatoms. The van der Waals surface area contributed by atoms with Gasteiger partial charge in [0.25, 0.3) is 0 Å². The summed E-state index contributed by atoms with van der Waals surface area (Å²) >= 11 is 0. The predicted molar refractivity (Wildman–Crippen MR) is 74.1 cm³/mol. The molecule has 1 aliphatic heterocycles. The van der Waals surface area contributed by atoms with Crippen molar-refractivity contribution in [2.24, 2.45) is 0 Å². The summed E-state index contributed by atoms with van der Waals surface area (Å²) in [5.41, 5.74) is 0. The van der Waals surface area contributed by atoms with E-state index in [1.165, 1.54) is 25.2 Å². The summed E-state index contributed by atoms with van der Waals surface area (Å²) in [6, 6.07) is 3.14. The monoisotopic (exact) mass is 315 g/mol. The Labute approximate surface area is 123 Å². The van der Waals surface area contributed by atoms with Crippen LogP contribution in [-0.4, -0.2) is 50.1 Å². The number of nitrogens with zero attached hydrogens (tertiary/aromatic N) is 1. The summed E-state index contributed by atoms with van der Waals surface area (Å²) in [5, 5.41) is 9.10. The topological polar surface area (TPSA) is 93.1 Å². The van der Waals surface area contributed by atoms with Crippen LogP contribution in [0, 0.1) is 0 Å². The van der Waals surface area contributed by atoms with Gasteiger partial charge in [-0.2, -0.15) is 4.31 Å². The van der Waals surface area contributed by atoms with Crippen LogP contribution in [0.25, 0.3) is 0 Å². The van der Waals surface area contributed by atoms with E-state index in [2.05, 4.69) is 0 Å². The van der Waals surface area contributed by atoms with Crippen molar-refractivity contribution >= 4 is 16.0 Å². The van der Waals surface area contributed by atoms with Gasteiger partial charge in [-0.1, -0.05) is 6.92 Å². The number of fused-ring (bicyclic) bond motifs is 1. The van der Waals surface area contributed by atoms with Crippen molar-refractivity contribution in [3.63, 3.8) is 0 Å². The number of likely N-dealkylation sites (N-methyl/N-ethyl adjacent to an activating group) is 1. The Morgan fingerprint density at radius 1 is 1.33 bits per heavy atom. The minimum Gasteiger partial charge on any atom is -0.486 e. The van der Waals surface area contributed by atoms with Crippen LogP contribution in [0.15, 0.2) is 23.1 Å². The lowest BCUT2D eigenvalue weighted by Gasteiger charge is -2.24. The summed E-state index contributed by atoms with van der Waals surface area (Å²) in [6.07, 6.45) is 0.176. The van der Waals surface area contributed by atoms with Crippen LogP contribution in [0.4, 0.5) is 0 Å². The summed E-state index contributed by atoms with van der Waals surface area (Å²) in [5.74, 6) is -0.353. The molecule has 0 amide bonds. The number of aliphatic carboxylic acids is 1. The van der Waals surface area contributed by atoms with Crippen LogP contribution in [0.2, 0.25) is 0 Å². The number of benzene rings is 1. The second-order valence-corrected chi connectivity index (χ2v) is 6.59. The second kappa shape index (κ2) is 5.90. The summed E-state index contributed by atoms with van der Waals surface area (Å²) in [6.45, 7) is 2.38. The van der Waals surface area contributed by atoms with Crippen molar-refractivity contribution in [1.29, 1.82) is 0 Å². The summed E-state index contributed by atoms with van der Waals surface area (Å²) < 4.78 is 36.5. The number of carbonyl (C=O) groups is 1. The fraction of sp³-hybridized carbons (Fsp3) is 0.462. The van der Waals surface area contributed by atoms with Crippen molar-refractivity contribution < 1.29 is 27.8 Å². The molecule has 1 aliphatic rings. The highest BCUT2D eigenvalue weighted by Crippen LogP contribution is 2.33. The highest BCUT2D eigenvalue weighted by molar-refractivity contribution is 7.89. The van der Waals surface area contributed by atoms with Gasteiger partial charge in [0, 0.05) is 13.1 Å². The third-order valence-electron chi connectivity index (χ3n) is 3.30. The molecular formula is C13H17NO6S. The Hall–Kier alpha value is -1.80. The van der Waals surface area contributed by atoms with Crippen LogP contribution < -0.4 is 9.47 Å². The first kappa shape index (κ1) is 15.6. The molecule has 0 bridgehead atoms. The third-order valence-corrected chi connectivity index (χ3v) is 5.16. The average molecular weight is 315 g/mol. The van der Waals surface area contributed by atoms with E-state index in [-0.39, 0.29) is 11.3 Å². The van der Waals surface area contributed by atoms with Gasteiger partial charge in [0.2, 0.25) is 10.0 Å². The molecule has 0 saturated carbocycles. The minimum absolute atomic E-state index is 0.0195. The van der Waals surface area contributed by atoms with Crippen molar-refractivity contribution in [2.45, 2.75) is 24.3 Å². The molecule has 0 aromatic heterocycles. The normalized spacial score (nSPS) is 15.8. The third kappa shape index (κ3) is 2.96. The molecule has 116 valence electrons. The van der Waals surface area contributed by atoms with Crippen LogP contribution in [-0.2, 0) is 14.8 Å². The molecule has 2 rings (SSSR count). The lowest BCUT2D eigenvalue weighted by atomic mass is 10.2. The van der Waals surface area contributed by atoms with E-state index < -0.39 is 22.0 Å². The molecule has 7 nitrogen and oxygen atoms in total. The van der Waals surface area contributed by atoms with E-state index in [0.29, 0.717) is 24.7 Å². The molecule has 1 aromatic rings. The van der Waals surface area contributed by atoms with Crippen LogP contribution in [0.1, 0.15) is 13.3 Å². The Bertz CT molecular complexity index is 642. The van der Waals surface area contributed by atoms with Gasteiger partial charge in [0.1, 0.15) is 19.3 Å². The van der Waals surface area contributed by atoms with Gasteiger partial charge < -0.3 is 14.6 Å². The Morgan fingerprint density at radius 3 is 2.52 bits per heavy atom. The van der Waals surface area contributed by atoms with Crippen LogP contribution >= 0.6 is 0 Å². The van der Waals surface area contributed by atoms with Gasteiger partial charge in [0.05, 0.1) is 4.90 Å². The second-order valence-electron chi connectivity index (χ2n) is 4.59. The van der Waals surface area contributed by atoms with Crippen LogP contribution in [0.5, 0.6) is 11.5 Å². The van der Waals surface area contributed by atoms with Crippen molar-refractivity contribution in [3.8, 4) is 11.5 Å². The largest absolute Gasteiger partial charge is 0.486 e. The zero-order valence-corrected chi connectivity index (χ0v) is 12.6. The fourth-order valence-corrected chi connectivity index (χ4v) is 3.51. The fourth-order valence-electron chi connectivity index (χ4n) is 2.11. The van der Waals surface area contributed by atoms with Gasteiger partial charge in [-0.25, -0.2) is 8.42 Å². The predicted octanol–water partition coefficient (Wildman–Crippen LogP) is 0.942. The standard InChI is InChI=1S/C13H17NO6S/c1-3-10(13(15)16)14(2)21(17,18)9-4-5-11-12(8-9)20-7-6-19-11/h4-5,8,10H,3,6-7H2,1-2H3,(H,15,16). The first-order valence-corrected chi connectivity index (χ1v) is 7.92. The number of carboxylic acids is 1. The van der Waals surface area contributed by atoms with Crippen LogP contribution in [0.3, 0.4) is 0 Å². The number of hydrogen-bond donors (Lipinski definition) is 1. The molecule has 0 spiro atoms. The zero-order chi connectivity index (χ0) is 15.6. The van der Waals surface area contributed by atoms with E-state index in [4.69, 9.17) is 14.6 Å². The average Bonchev–Trinajstić information content (AvgIpc) is 2.46. The van der Waals surface area contributed by atoms with Crippen molar-refractivity contribution in [1.82, 2.24) is 4.31 Å². The maximum absolute atomic E-state index is 12.5. The van der Waals surface area contributed by atoms with E-state index in [9.17, 15) is 13.2 Å². The quantitative estimate of drug-likeness (QED) is 0.869. The number of sulfonamides is 1. The lowest BCUT2D eigenvalue weighted by Crippen LogP contribution is -2.41. The SMILES string of the molecule is CCC(C(=O)O)N(C)S(=O)(=O)c1ccc2c(c1)OCCO2.